The van der Waals surface area contributed by atoms with Crippen molar-refractivity contribution in [3.8, 4) is 0 Å². The van der Waals surface area contributed by atoms with Crippen LogP contribution in [0.4, 0.5) is 0 Å². The summed E-state index contributed by atoms with van der Waals surface area (Å²) in [7, 11) is 0. The van der Waals surface area contributed by atoms with Gasteiger partial charge in [0.05, 0.1) is 0 Å². The maximum atomic E-state index is 11.3. The molecule has 1 rings (SSSR count). The van der Waals surface area contributed by atoms with E-state index >= 15 is 0 Å². The van der Waals surface area contributed by atoms with Gasteiger partial charge in [-0.25, -0.2) is 0 Å². The van der Waals surface area contributed by atoms with Crippen molar-refractivity contribution in [1.82, 2.24) is 0 Å². The first-order chi connectivity index (χ1) is 7.82. The molecule has 0 spiro atoms. The third-order valence-corrected chi connectivity index (χ3v) is 3.87. The normalized spacial score (nSPS) is 12.3. The Kier molecular flexibility index (Phi) is 3.76. The van der Waals surface area contributed by atoms with Gasteiger partial charge in [-0.05, 0) is 68.0 Å². The number of carbonyl (C=O) groups is 1. The van der Waals surface area contributed by atoms with Crippen molar-refractivity contribution >= 4 is 5.97 Å². The Morgan fingerprint density at radius 3 is 1.65 bits per heavy atom. The van der Waals surface area contributed by atoms with Gasteiger partial charge in [0.1, 0.15) is 5.92 Å². The zero-order valence-corrected chi connectivity index (χ0v) is 11.2. The number of carboxylic acids is 1. The number of hydrogen-bond acceptors (Lipinski definition) is 1. The first-order valence-corrected chi connectivity index (χ1v) is 5.75. The third kappa shape index (κ3) is 2.12. The van der Waals surface area contributed by atoms with Crippen LogP contribution in [0.1, 0.15) is 39.3 Å². The summed E-state index contributed by atoms with van der Waals surface area (Å²) in [6.45, 7) is 13.8. The second kappa shape index (κ2) is 4.74. The van der Waals surface area contributed by atoms with E-state index in [2.05, 4.69) is 13.5 Å². The van der Waals surface area contributed by atoms with Gasteiger partial charge in [0.15, 0.2) is 0 Å². The van der Waals surface area contributed by atoms with Crippen molar-refractivity contribution in [2.75, 3.05) is 0 Å². The lowest BCUT2D eigenvalue weighted by Gasteiger charge is -2.21. The van der Waals surface area contributed by atoms with Gasteiger partial charge in [0.25, 0.3) is 0 Å². The van der Waals surface area contributed by atoms with E-state index in [1.807, 2.05) is 27.7 Å². The SMILES string of the molecule is C=CC(C(=O)O)c1c(C)c(C)c(C)c(C)c1C. The molecule has 2 heteroatoms. The molecule has 0 aliphatic heterocycles. The molecule has 0 fully saturated rings. The van der Waals surface area contributed by atoms with Crippen molar-refractivity contribution in [3.05, 3.63) is 46.0 Å². The summed E-state index contributed by atoms with van der Waals surface area (Å²) in [4.78, 5) is 11.3. The van der Waals surface area contributed by atoms with Crippen molar-refractivity contribution in [2.24, 2.45) is 0 Å². The number of benzene rings is 1. The monoisotopic (exact) mass is 232 g/mol. The van der Waals surface area contributed by atoms with Crippen LogP contribution in [0.25, 0.3) is 0 Å². The molecular weight excluding hydrogens is 212 g/mol. The molecule has 0 aromatic heterocycles. The number of hydrogen-bond donors (Lipinski definition) is 1. The van der Waals surface area contributed by atoms with Crippen LogP contribution < -0.4 is 0 Å². The molecule has 0 amide bonds. The van der Waals surface area contributed by atoms with Gasteiger partial charge in [-0.3, -0.25) is 4.79 Å². The minimum atomic E-state index is -0.839. The Morgan fingerprint density at radius 1 is 1.00 bits per heavy atom. The summed E-state index contributed by atoms with van der Waals surface area (Å²) in [6.07, 6.45) is 1.51. The quantitative estimate of drug-likeness (QED) is 0.809. The molecule has 1 aromatic rings. The van der Waals surface area contributed by atoms with Gasteiger partial charge in [-0.2, -0.15) is 0 Å². The van der Waals surface area contributed by atoms with E-state index in [-0.39, 0.29) is 0 Å². The van der Waals surface area contributed by atoms with Crippen LogP contribution in [0, 0.1) is 34.6 Å². The average Bonchev–Trinajstić information content (AvgIpc) is 2.29. The topological polar surface area (TPSA) is 37.3 Å². The average molecular weight is 232 g/mol. The zero-order valence-electron chi connectivity index (χ0n) is 11.2. The highest BCUT2D eigenvalue weighted by Gasteiger charge is 2.23. The van der Waals surface area contributed by atoms with Gasteiger partial charge in [-0.1, -0.05) is 6.08 Å². The summed E-state index contributed by atoms with van der Waals surface area (Å²) >= 11 is 0. The summed E-state index contributed by atoms with van der Waals surface area (Å²) in [5.41, 5.74) is 6.63. The fourth-order valence-corrected chi connectivity index (χ4v) is 2.34. The first kappa shape index (κ1) is 13.5. The second-order valence-electron chi connectivity index (χ2n) is 4.59. The fraction of sp³-hybridized carbons (Fsp3) is 0.400. The van der Waals surface area contributed by atoms with Crippen molar-refractivity contribution < 1.29 is 9.90 Å². The Bertz CT molecular complexity index is 455. The van der Waals surface area contributed by atoms with Gasteiger partial charge in [0, 0.05) is 0 Å². The van der Waals surface area contributed by atoms with E-state index in [4.69, 9.17) is 0 Å². The molecule has 1 N–H and O–H groups in total. The Morgan fingerprint density at radius 2 is 1.35 bits per heavy atom. The van der Waals surface area contributed by atoms with Crippen LogP contribution in [0.2, 0.25) is 0 Å². The van der Waals surface area contributed by atoms with E-state index in [0.717, 1.165) is 16.7 Å². The summed E-state index contributed by atoms with van der Waals surface area (Å²) in [5, 5.41) is 9.26. The minimum Gasteiger partial charge on any atom is -0.481 e. The molecule has 0 saturated carbocycles. The van der Waals surface area contributed by atoms with Crippen LogP contribution >= 0.6 is 0 Å². The Labute approximate surface area is 103 Å². The van der Waals surface area contributed by atoms with Gasteiger partial charge in [0.2, 0.25) is 0 Å². The lowest BCUT2D eigenvalue weighted by molar-refractivity contribution is -0.137. The van der Waals surface area contributed by atoms with Crippen LogP contribution in [-0.4, -0.2) is 11.1 Å². The summed E-state index contributed by atoms with van der Waals surface area (Å²) < 4.78 is 0. The van der Waals surface area contributed by atoms with Crippen LogP contribution in [0.15, 0.2) is 12.7 Å². The maximum Gasteiger partial charge on any atom is 0.314 e. The Hall–Kier alpha value is -1.57. The zero-order chi connectivity index (χ0) is 13.3. The highest BCUT2D eigenvalue weighted by atomic mass is 16.4. The molecular formula is C15H20O2. The molecule has 92 valence electrons. The molecule has 0 bridgehead atoms. The molecule has 0 saturated heterocycles. The molecule has 1 unspecified atom stereocenters. The molecule has 0 radical (unpaired) electrons. The van der Waals surface area contributed by atoms with Crippen LogP contribution in [0.5, 0.6) is 0 Å². The van der Waals surface area contributed by atoms with Crippen LogP contribution in [-0.2, 0) is 4.79 Å². The van der Waals surface area contributed by atoms with Crippen molar-refractivity contribution in [1.29, 1.82) is 0 Å². The lowest BCUT2D eigenvalue weighted by atomic mass is 9.83. The molecule has 17 heavy (non-hydrogen) atoms. The molecule has 1 aromatic carbocycles. The van der Waals surface area contributed by atoms with Crippen molar-refractivity contribution in [2.45, 2.75) is 40.5 Å². The number of aliphatic carboxylic acids is 1. The van der Waals surface area contributed by atoms with E-state index in [9.17, 15) is 9.90 Å². The van der Waals surface area contributed by atoms with Crippen molar-refractivity contribution in [3.63, 3.8) is 0 Å². The standard InChI is InChI=1S/C15H20O2/c1-7-13(15(16)17)14-11(5)9(3)8(2)10(4)12(14)6/h7,13H,1H2,2-6H3,(H,16,17). The van der Waals surface area contributed by atoms with Gasteiger partial charge in [-0.15, -0.1) is 6.58 Å². The second-order valence-corrected chi connectivity index (χ2v) is 4.59. The van der Waals surface area contributed by atoms with E-state index in [1.54, 1.807) is 0 Å². The van der Waals surface area contributed by atoms with E-state index < -0.39 is 11.9 Å². The highest BCUT2D eigenvalue weighted by molar-refractivity contribution is 5.80. The highest BCUT2D eigenvalue weighted by Crippen LogP contribution is 2.32. The third-order valence-electron chi connectivity index (χ3n) is 3.87. The minimum absolute atomic E-state index is 0.618. The van der Waals surface area contributed by atoms with E-state index in [1.165, 1.54) is 22.8 Å². The Balaban J connectivity index is 3.64. The smallest absolute Gasteiger partial charge is 0.314 e. The van der Waals surface area contributed by atoms with E-state index in [0.29, 0.717) is 0 Å². The maximum absolute atomic E-state index is 11.3. The first-order valence-electron chi connectivity index (χ1n) is 5.75. The molecule has 0 heterocycles. The lowest BCUT2D eigenvalue weighted by Crippen LogP contribution is -2.14. The predicted octanol–water partition coefficient (Wildman–Crippen LogP) is 3.58. The molecule has 0 aliphatic carbocycles. The van der Waals surface area contributed by atoms with Gasteiger partial charge >= 0.3 is 5.97 Å². The summed E-state index contributed by atoms with van der Waals surface area (Å²) in [6, 6.07) is 0. The summed E-state index contributed by atoms with van der Waals surface area (Å²) in [5.74, 6) is -1.46. The van der Waals surface area contributed by atoms with Gasteiger partial charge < -0.3 is 5.11 Å². The van der Waals surface area contributed by atoms with Crippen LogP contribution in [0.3, 0.4) is 0 Å². The fourth-order valence-electron chi connectivity index (χ4n) is 2.34. The molecule has 0 aliphatic rings. The number of carboxylic acid groups (broad SMARTS) is 1. The molecule has 1 atom stereocenters. The molecule has 2 nitrogen and oxygen atoms in total. The number of rotatable bonds is 3. The predicted molar refractivity (Wildman–Crippen MR) is 70.7 cm³/mol. The largest absolute Gasteiger partial charge is 0.481 e.